The van der Waals surface area contributed by atoms with Crippen molar-refractivity contribution in [2.24, 2.45) is 0 Å². The second-order valence-electron chi connectivity index (χ2n) is 8.80. The molecule has 2 aromatic carbocycles. The number of alkyl halides is 3. The van der Waals surface area contributed by atoms with Crippen LogP contribution in [0.2, 0.25) is 0 Å². The van der Waals surface area contributed by atoms with Gasteiger partial charge in [0.15, 0.2) is 11.5 Å². The molecule has 0 saturated carbocycles. The van der Waals surface area contributed by atoms with Crippen LogP contribution in [0.3, 0.4) is 0 Å². The smallest absolute Gasteiger partial charge is 0.416 e. The summed E-state index contributed by atoms with van der Waals surface area (Å²) in [6.45, 7) is 2.68. The number of benzene rings is 2. The Kier molecular flexibility index (Phi) is 8.51. The average Bonchev–Trinajstić information content (AvgIpc) is 2.91. The maximum atomic E-state index is 13.5. The molecule has 0 fully saturated rings. The van der Waals surface area contributed by atoms with Gasteiger partial charge < -0.3 is 9.47 Å². The highest BCUT2D eigenvalue weighted by molar-refractivity contribution is 5.81. The highest BCUT2D eigenvalue weighted by atomic mass is 19.4. The van der Waals surface area contributed by atoms with Crippen LogP contribution >= 0.6 is 0 Å². The summed E-state index contributed by atoms with van der Waals surface area (Å²) in [5.41, 5.74) is 0.851. The number of hydrogen-bond donors (Lipinski definition) is 0. The van der Waals surface area contributed by atoms with Crippen molar-refractivity contribution in [1.82, 2.24) is 9.38 Å². The lowest BCUT2D eigenvalue weighted by Gasteiger charge is -2.14. The van der Waals surface area contributed by atoms with E-state index in [0.29, 0.717) is 35.0 Å². The van der Waals surface area contributed by atoms with Crippen LogP contribution in [0.25, 0.3) is 28.9 Å². The number of aromatic nitrogens is 2. The number of halogens is 3. The van der Waals surface area contributed by atoms with Gasteiger partial charge in [0, 0.05) is 11.8 Å². The summed E-state index contributed by atoms with van der Waals surface area (Å²) in [6, 6.07) is 15.2. The molecule has 0 aliphatic rings. The third kappa shape index (κ3) is 6.07. The minimum absolute atomic E-state index is 0.198. The van der Waals surface area contributed by atoms with E-state index >= 15 is 0 Å². The molecule has 0 aliphatic heterocycles. The summed E-state index contributed by atoms with van der Waals surface area (Å²) in [4.78, 5) is 18.1. The molecule has 0 bridgehead atoms. The zero-order valence-electron chi connectivity index (χ0n) is 21.3. The Morgan fingerprint density at radius 2 is 1.74 bits per heavy atom. The predicted molar refractivity (Wildman–Crippen MR) is 143 cm³/mol. The zero-order chi connectivity index (χ0) is 27.1. The van der Waals surface area contributed by atoms with Crippen molar-refractivity contribution >= 4 is 17.8 Å². The first-order valence-electron chi connectivity index (χ1n) is 12.5. The molecule has 0 atom stereocenters. The summed E-state index contributed by atoms with van der Waals surface area (Å²) < 4.78 is 52.4. The van der Waals surface area contributed by atoms with Crippen LogP contribution in [0.5, 0.6) is 11.5 Å². The first-order chi connectivity index (χ1) is 18.3. The summed E-state index contributed by atoms with van der Waals surface area (Å²) in [7, 11) is 1.57. The molecule has 0 saturated heterocycles. The second kappa shape index (κ2) is 12.0. The van der Waals surface area contributed by atoms with E-state index in [4.69, 9.17) is 9.47 Å². The molecule has 38 heavy (non-hydrogen) atoms. The first-order valence-corrected chi connectivity index (χ1v) is 12.5. The molecule has 0 aliphatic carbocycles. The van der Waals surface area contributed by atoms with E-state index in [0.717, 1.165) is 43.4 Å². The van der Waals surface area contributed by atoms with E-state index in [2.05, 4.69) is 11.9 Å². The molecule has 198 valence electrons. The Hall–Kier alpha value is -4.07. The van der Waals surface area contributed by atoms with E-state index in [9.17, 15) is 18.0 Å². The van der Waals surface area contributed by atoms with Crippen molar-refractivity contribution in [2.45, 2.75) is 38.8 Å². The molecular weight excluding hydrogens is 493 g/mol. The number of para-hydroxylation sites is 1. The number of ether oxygens (including phenoxy) is 2. The van der Waals surface area contributed by atoms with Gasteiger partial charge >= 0.3 is 6.18 Å². The third-order valence-electron chi connectivity index (χ3n) is 6.16. The van der Waals surface area contributed by atoms with Gasteiger partial charge in [-0.05, 0) is 54.5 Å². The van der Waals surface area contributed by atoms with Crippen LogP contribution in [0.4, 0.5) is 13.2 Å². The molecule has 0 radical (unpaired) electrons. The van der Waals surface area contributed by atoms with E-state index in [1.807, 2.05) is 18.2 Å². The fourth-order valence-electron chi connectivity index (χ4n) is 4.18. The van der Waals surface area contributed by atoms with E-state index < -0.39 is 11.7 Å². The lowest BCUT2D eigenvalue weighted by Crippen LogP contribution is -2.18. The molecule has 8 heteroatoms. The lowest BCUT2D eigenvalue weighted by atomic mass is 10.0. The maximum absolute atomic E-state index is 13.5. The van der Waals surface area contributed by atoms with Crippen molar-refractivity contribution in [3.63, 3.8) is 0 Å². The molecule has 0 amide bonds. The highest BCUT2D eigenvalue weighted by Crippen LogP contribution is 2.34. The van der Waals surface area contributed by atoms with E-state index in [-0.39, 0.29) is 11.1 Å². The number of fused-ring (bicyclic) bond motifs is 1. The molecule has 0 spiro atoms. The molecule has 0 unspecified atom stereocenters. The van der Waals surface area contributed by atoms with Crippen LogP contribution < -0.4 is 15.0 Å². The molecule has 5 nitrogen and oxygen atoms in total. The van der Waals surface area contributed by atoms with Gasteiger partial charge in [0.25, 0.3) is 5.56 Å². The summed E-state index contributed by atoms with van der Waals surface area (Å²) >= 11 is 0. The van der Waals surface area contributed by atoms with Gasteiger partial charge in [-0.25, -0.2) is 4.98 Å². The maximum Gasteiger partial charge on any atom is 0.416 e. The molecular formula is C30H29F3N2O3. The van der Waals surface area contributed by atoms with Gasteiger partial charge in [0.05, 0.1) is 30.5 Å². The van der Waals surface area contributed by atoms with Crippen LogP contribution in [-0.4, -0.2) is 23.1 Å². The summed E-state index contributed by atoms with van der Waals surface area (Å²) in [5.74, 6) is 1.16. The Bertz CT molecular complexity index is 1480. The van der Waals surface area contributed by atoms with Gasteiger partial charge in [0.2, 0.25) is 0 Å². The lowest BCUT2D eigenvalue weighted by molar-refractivity contribution is -0.137. The fourth-order valence-corrected chi connectivity index (χ4v) is 4.18. The topological polar surface area (TPSA) is 52.8 Å². The minimum atomic E-state index is -4.47. The normalized spacial score (nSPS) is 11.8. The van der Waals surface area contributed by atoms with E-state index in [1.165, 1.54) is 16.5 Å². The van der Waals surface area contributed by atoms with Gasteiger partial charge in [0.1, 0.15) is 5.65 Å². The largest absolute Gasteiger partial charge is 0.493 e. The van der Waals surface area contributed by atoms with Crippen LogP contribution in [0, 0.1) is 0 Å². The Labute approximate surface area is 219 Å². The number of unbranched alkanes of at least 4 members (excludes halogenated alkanes) is 3. The molecule has 4 rings (SSSR count). The number of rotatable bonds is 10. The van der Waals surface area contributed by atoms with Crippen molar-refractivity contribution < 1.29 is 22.6 Å². The van der Waals surface area contributed by atoms with Crippen molar-refractivity contribution in [2.75, 3.05) is 13.7 Å². The van der Waals surface area contributed by atoms with Crippen molar-refractivity contribution in [3.8, 4) is 22.6 Å². The minimum Gasteiger partial charge on any atom is -0.493 e. The number of hydrogen-bond acceptors (Lipinski definition) is 4. The predicted octanol–water partition coefficient (Wildman–Crippen LogP) is 7.52. The Balaban J connectivity index is 1.77. The quantitative estimate of drug-likeness (QED) is 0.202. The van der Waals surface area contributed by atoms with E-state index in [1.54, 1.807) is 43.7 Å². The standard InChI is InChI=1S/C30H29F3N2O3/c1-3-4-5-8-20-38-28-22(10-9-11-25(28)37-2)15-18-24-27(21-13-16-23(17-14-21)30(31,32)33)29(36)35-19-7-6-12-26(35)34-24/h6-7,9-19H,3-5,8,20H2,1-2H3/b18-15+. The monoisotopic (exact) mass is 522 g/mol. The van der Waals surface area contributed by atoms with Crippen LogP contribution in [0.1, 0.15) is 49.4 Å². The summed E-state index contributed by atoms with van der Waals surface area (Å²) in [6.07, 6.45) is 4.81. The van der Waals surface area contributed by atoms with Gasteiger partial charge in [-0.3, -0.25) is 9.20 Å². The molecule has 2 aromatic heterocycles. The van der Waals surface area contributed by atoms with Gasteiger partial charge in [-0.2, -0.15) is 13.2 Å². The Morgan fingerprint density at radius 3 is 2.45 bits per heavy atom. The number of pyridine rings is 1. The van der Waals surface area contributed by atoms with Crippen molar-refractivity contribution in [1.29, 1.82) is 0 Å². The Morgan fingerprint density at radius 1 is 0.947 bits per heavy atom. The first kappa shape index (κ1) is 27.0. The summed E-state index contributed by atoms with van der Waals surface area (Å²) in [5, 5.41) is 0. The van der Waals surface area contributed by atoms with Gasteiger partial charge in [-0.15, -0.1) is 0 Å². The van der Waals surface area contributed by atoms with Gasteiger partial charge in [-0.1, -0.05) is 56.5 Å². The van der Waals surface area contributed by atoms with Crippen molar-refractivity contribution in [3.05, 3.63) is 94.0 Å². The highest BCUT2D eigenvalue weighted by Gasteiger charge is 2.30. The fraction of sp³-hybridized carbons (Fsp3) is 0.267. The van der Waals surface area contributed by atoms with Crippen LogP contribution in [0.15, 0.2) is 71.7 Å². The second-order valence-corrected chi connectivity index (χ2v) is 8.80. The number of nitrogens with zero attached hydrogens (tertiary/aromatic N) is 2. The number of methoxy groups -OCH3 is 1. The molecule has 4 aromatic rings. The SMILES string of the molecule is CCCCCCOc1c(/C=C/c2nc3ccccn3c(=O)c2-c2ccc(C(F)(F)F)cc2)cccc1OC. The molecule has 0 N–H and O–H groups in total. The average molecular weight is 523 g/mol. The third-order valence-corrected chi connectivity index (χ3v) is 6.16. The molecule has 2 heterocycles. The zero-order valence-corrected chi connectivity index (χ0v) is 21.3. The van der Waals surface area contributed by atoms with Crippen LogP contribution in [-0.2, 0) is 6.18 Å².